The molecule has 0 radical (unpaired) electrons. The van der Waals surface area contributed by atoms with Crippen molar-refractivity contribution in [1.82, 2.24) is 0 Å². The number of esters is 4. The number of hydrogen-bond donors (Lipinski definition) is 0. The normalized spacial score (nSPS) is 26.5. The minimum absolute atomic E-state index is 0.178. The predicted octanol–water partition coefficient (Wildman–Crippen LogP) is 3.43. The molecule has 1 aromatic rings. The minimum atomic E-state index is -1.65. The number of hydrogen-bond acceptors (Lipinski definition) is 10. The van der Waals surface area contributed by atoms with Gasteiger partial charge in [-0.3, -0.25) is 29.3 Å². The van der Waals surface area contributed by atoms with Crippen molar-refractivity contribution in [3.63, 3.8) is 0 Å². The largest absolute Gasteiger partial charge is 0.422 e. The third-order valence-corrected chi connectivity index (χ3v) is 7.60. The zero-order valence-electron chi connectivity index (χ0n) is 19.6. The summed E-state index contributed by atoms with van der Waals surface area (Å²) in [5.74, 6) is -11.0. The van der Waals surface area contributed by atoms with Crippen LogP contribution in [-0.4, -0.2) is 40.4 Å². The number of carbonyl (C=O) groups is 4. The van der Waals surface area contributed by atoms with Gasteiger partial charge in [0.2, 0.25) is 0 Å². The maximum Gasteiger partial charge on any atom is 0.324 e. The summed E-state index contributed by atoms with van der Waals surface area (Å²) >= 11 is 0. The summed E-state index contributed by atoms with van der Waals surface area (Å²) in [6.45, 7) is 0. The molecule has 0 atom stereocenters. The van der Waals surface area contributed by atoms with Gasteiger partial charge in [-0.2, -0.15) is 0 Å². The fourth-order valence-corrected chi connectivity index (χ4v) is 5.79. The summed E-state index contributed by atoms with van der Waals surface area (Å²) < 4.78 is 22.6. The van der Waals surface area contributed by atoms with E-state index in [1.54, 1.807) is 0 Å². The highest BCUT2D eigenvalue weighted by Gasteiger charge is 2.59. The molecule has 0 bridgehead atoms. The van der Waals surface area contributed by atoms with Gasteiger partial charge in [0.25, 0.3) is 17.3 Å². The van der Waals surface area contributed by atoms with E-state index in [-0.39, 0.29) is 11.3 Å². The van der Waals surface area contributed by atoms with Crippen molar-refractivity contribution in [3.05, 3.63) is 39.9 Å². The Morgan fingerprint density at radius 1 is 0.667 bits per heavy atom. The molecule has 2 aliphatic carbocycles. The molecule has 0 aromatic heterocycles. The van der Waals surface area contributed by atoms with Crippen molar-refractivity contribution in [2.45, 2.75) is 81.7 Å². The topological polar surface area (TPSA) is 148 Å². The van der Waals surface area contributed by atoms with Crippen LogP contribution in [0.2, 0.25) is 0 Å². The molecule has 0 amide bonds. The number of benzene rings is 1. The van der Waals surface area contributed by atoms with Crippen LogP contribution in [-0.2, 0) is 38.1 Å². The third kappa shape index (κ3) is 4.31. The molecular formula is C25H27NO10. The van der Waals surface area contributed by atoms with Crippen LogP contribution in [0, 0.1) is 22.0 Å². The summed E-state index contributed by atoms with van der Waals surface area (Å²) in [5.41, 5.74) is -0.0556. The zero-order chi connectivity index (χ0) is 25.5. The average Bonchev–Trinajstić information content (AvgIpc) is 2.83. The Labute approximate surface area is 206 Å². The first-order chi connectivity index (χ1) is 17.2. The van der Waals surface area contributed by atoms with Crippen molar-refractivity contribution >= 4 is 29.6 Å². The molecule has 192 valence electrons. The van der Waals surface area contributed by atoms with Gasteiger partial charge in [-0.1, -0.05) is 25.0 Å². The van der Waals surface area contributed by atoms with Crippen molar-refractivity contribution < 1.29 is 43.0 Å². The van der Waals surface area contributed by atoms with Gasteiger partial charge in [0, 0.05) is 43.7 Å². The first-order valence-corrected chi connectivity index (χ1v) is 12.4. The van der Waals surface area contributed by atoms with E-state index in [1.807, 2.05) is 0 Å². The maximum absolute atomic E-state index is 13.3. The number of nitro groups is 1. The lowest BCUT2D eigenvalue weighted by atomic mass is 9.75. The van der Waals surface area contributed by atoms with Gasteiger partial charge in [0.1, 0.15) is 0 Å². The smallest absolute Gasteiger partial charge is 0.324 e. The van der Waals surface area contributed by atoms with E-state index >= 15 is 0 Å². The second-order valence-electron chi connectivity index (χ2n) is 9.96. The van der Waals surface area contributed by atoms with Crippen molar-refractivity contribution in [1.29, 1.82) is 0 Å². The van der Waals surface area contributed by atoms with E-state index in [0.717, 1.165) is 38.5 Å². The zero-order valence-corrected chi connectivity index (χ0v) is 19.6. The first kappa shape index (κ1) is 24.2. The van der Waals surface area contributed by atoms with Crippen LogP contribution in [0.4, 0.5) is 5.69 Å². The van der Waals surface area contributed by atoms with Crippen molar-refractivity contribution in [2.75, 3.05) is 0 Å². The fraction of sp³-hybridized carbons (Fsp3) is 0.600. The lowest BCUT2D eigenvalue weighted by Gasteiger charge is -2.45. The molecule has 0 N–H and O–H groups in total. The monoisotopic (exact) mass is 501 g/mol. The third-order valence-electron chi connectivity index (χ3n) is 7.60. The fourth-order valence-electron chi connectivity index (χ4n) is 5.79. The van der Waals surface area contributed by atoms with Crippen LogP contribution in [0.1, 0.15) is 75.7 Å². The highest BCUT2D eigenvalue weighted by Crippen LogP contribution is 2.46. The van der Waals surface area contributed by atoms with Crippen LogP contribution >= 0.6 is 0 Å². The number of ether oxygens (including phenoxy) is 4. The summed E-state index contributed by atoms with van der Waals surface area (Å²) in [6.07, 6.45) is 6.22. The number of nitrogens with zero attached hydrogens (tertiary/aromatic N) is 1. The second kappa shape index (κ2) is 9.18. The molecule has 2 spiro atoms. The van der Waals surface area contributed by atoms with Crippen LogP contribution in [0.5, 0.6) is 0 Å². The molecule has 4 fully saturated rings. The van der Waals surface area contributed by atoms with Gasteiger partial charge in [-0.05, 0) is 31.2 Å². The number of non-ortho nitro benzene ring substituents is 1. The van der Waals surface area contributed by atoms with Gasteiger partial charge >= 0.3 is 23.9 Å². The quantitative estimate of drug-likeness (QED) is 0.260. The number of carbonyl (C=O) groups excluding carboxylic acids is 4. The van der Waals surface area contributed by atoms with Gasteiger partial charge in [0.15, 0.2) is 11.8 Å². The summed E-state index contributed by atoms with van der Waals surface area (Å²) in [5, 5.41) is 11.1. The molecule has 2 heterocycles. The Morgan fingerprint density at radius 2 is 1.03 bits per heavy atom. The molecule has 0 unspecified atom stereocenters. The molecule has 5 rings (SSSR count). The molecular weight excluding hydrogens is 474 g/mol. The number of rotatable bonds is 4. The van der Waals surface area contributed by atoms with Crippen LogP contribution < -0.4 is 0 Å². The predicted molar refractivity (Wildman–Crippen MR) is 119 cm³/mol. The van der Waals surface area contributed by atoms with E-state index in [2.05, 4.69) is 0 Å². The van der Waals surface area contributed by atoms with E-state index in [4.69, 9.17) is 18.9 Å². The van der Waals surface area contributed by atoms with Crippen LogP contribution in [0.3, 0.4) is 0 Å². The van der Waals surface area contributed by atoms with Crippen molar-refractivity contribution in [3.8, 4) is 0 Å². The molecule has 2 saturated heterocycles. The maximum atomic E-state index is 13.3. The average molecular weight is 501 g/mol. The number of nitro benzene ring substituents is 1. The Balaban J connectivity index is 1.50. The van der Waals surface area contributed by atoms with E-state index in [9.17, 15) is 29.3 Å². The van der Waals surface area contributed by atoms with E-state index < -0.39 is 58.1 Å². The molecule has 2 aliphatic heterocycles. The summed E-state index contributed by atoms with van der Waals surface area (Å²) in [6, 6.07) is 4.96. The van der Waals surface area contributed by atoms with Crippen molar-refractivity contribution in [2.24, 2.45) is 11.8 Å². The molecule has 36 heavy (non-hydrogen) atoms. The van der Waals surface area contributed by atoms with Crippen LogP contribution in [0.15, 0.2) is 24.3 Å². The lowest BCUT2D eigenvalue weighted by molar-refractivity contribution is -0.384. The molecule has 1 aromatic carbocycles. The highest BCUT2D eigenvalue weighted by molar-refractivity contribution is 6.03. The highest BCUT2D eigenvalue weighted by atomic mass is 16.8. The Morgan fingerprint density at radius 3 is 1.36 bits per heavy atom. The van der Waals surface area contributed by atoms with Gasteiger partial charge < -0.3 is 18.9 Å². The molecule has 4 aliphatic rings. The van der Waals surface area contributed by atoms with E-state index in [1.165, 1.54) is 24.3 Å². The van der Waals surface area contributed by atoms with E-state index in [0.29, 0.717) is 25.7 Å². The molecule has 11 nitrogen and oxygen atoms in total. The first-order valence-electron chi connectivity index (χ1n) is 12.4. The standard InChI is InChI=1S/C25H27NO10/c27-20-18(21(28)34-24(33-20)11-3-1-4-12-24)17(15-7-9-16(10-8-15)26(31)32)19-22(29)35-25(36-23(19)30)13-5-2-6-14-25/h7-10,17-19H,1-6,11-14H2. The second-order valence-corrected chi connectivity index (χ2v) is 9.96. The van der Waals surface area contributed by atoms with Gasteiger partial charge in [0.05, 0.1) is 4.92 Å². The van der Waals surface area contributed by atoms with Gasteiger partial charge in [-0.25, -0.2) is 0 Å². The molecule has 11 heteroatoms. The Hall–Kier alpha value is -3.50. The van der Waals surface area contributed by atoms with Gasteiger partial charge in [-0.15, -0.1) is 0 Å². The lowest BCUT2D eigenvalue weighted by Crippen LogP contribution is -2.57. The Kier molecular flexibility index (Phi) is 6.17. The molecule has 2 saturated carbocycles. The Bertz CT molecular complexity index is 987. The summed E-state index contributed by atoms with van der Waals surface area (Å²) in [7, 11) is 0. The van der Waals surface area contributed by atoms with Crippen LogP contribution in [0.25, 0.3) is 0 Å². The minimum Gasteiger partial charge on any atom is -0.422 e. The SMILES string of the molecule is O=C1OC2(CCCCC2)OC(=O)C1C(c1ccc([N+](=O)[O-])cc1)C1C(=O)OC2(CCCCC2)OC1=O. The summed E-state index contributed by atoms with van der Waals surface area (Å²) in [4.78, 5) is 63.7.